The second kappa shape index (κ2) is 33.5. The number of benzene rings is 6. The fourth-order valence-corrected chi connectivity index (χ4v) is 11.0. The van der Waals surface area contributed by atoms with Crippen LogP contribution in [-0.4, -0.2) is 57.2 Å². The largest absolute Gasteiger partial charge is 0.457 e. The predicted molar refractivity (Wildman–Crippen MR) is 351 cm³/mol. The number of hydrogen-bond donors (Lipinski definition) is 0. The Morgan fingerprint density at radius 3 is 0.839 bits per heavy atom. The highest BCUT2D eigenvalue weighted by molar-refractivity contribution is 5.99. The molecule has 0 heterocycles. The summed E-state index contributed by atoms with van der Waals surface area (Å²) >= 11 is 0. The monoisotopic (exact) mass is 1160 g/mol. The van der Waals surface area contributed by atoms with Crippen LogP contribution in [0.3, 0.4) is 0 Å². The van der Waals surface area contributed by atoms with E-state index in [1.165, 1.54) is 0 Å². The lowest BCUT2D eigenvalue weighted by Crippen LogP contribution is -2.33. The highest BCUT2D eigenvalue weighted by Gasteiger charge is 2.30. The van der Waals surface area contributed by atoms with Crippen molar-refractivity contribution in [2.24, 2.45) is 17.8 Å². The zero-order valence-electron chi connectivity index (χ0n) is 50.4. The molecule has 0 N–H and O–H groups in total. The van der Waals surface area contributed by atoms with Crippen LogP contribution in [0.1, 0.15) is 109 Å². The molecular weight excluding hydrogens is 1080 g/mol. The van der Waals surface area contributed by atoms with Crippen LogP contribution in [0.25, 0.3) is 36.5 Å². The summed E-state index contributed by atoms with van der Waals surface area (Å²) in [4.78, 5) is 46.0. The van der Waals surface area contributed by atoms with Gasteiger partial charge in [-0.2, -0.15) is 15.8 Å². The van der Waals surface area contributed by atoms with Gasteiger partial charge in [0.1, 0.15) is 54.7 Å². The molecule has 7 rings (SSSR count). The van der Waals surface area contributed by atoms with Crippen molar-refractivity contribution in [2.45, 2.75) is 79.1 Å². The molecule has 1 saturated carbocycles. The van der Waals surface area contributed by atoms with Gasteiger partial charge >= 0.3 is 17.9 Å². The van der Waals surface area contributed by atoms with Gasteiger partial charge in [-0.3, -0.25) is 0 Å². The van der Waals surface area contributed by atoms with Crippen LogP contribution in [0, 0.1) is 51.7 Å². The van der Waals surface area contributed by atoms with Crippen molar-refractivity contribution in [3.05, 3.63) is 232 Å². The molecule has 6 aromatic rings. The summed E-state index contributed by atoms with van der Waals surface area (Å²) in [7, 11) is 0. The molecule has 6 aromatic carbocycles. The van der Waals surface area contributed by atoms with E-state index in [1.54, 1.807) is 36.5 Å². The van der Waals surface area contributed by atoms with Crippen molar-refractivity contribution >= 4 is 71.4 Å². The van der Waals surface area contributed by atoms with Crippen LogP contribution >= 0.6 is 0 Å². The van der Waals surface area contributed by atoms with E-state index in [1.807, 2.05) is 127 Å². The molecule has 0 radical (unpaired) electrons. The molecule has 0 amide bonds. The van der Waals surface area contributed by atoms with E-state index in [0.29, 0.717) is 17.8 Å². The van der Waals surface area contributed by atoms with Gasteiger partial charge in [0.2, 0.25) is 0 Å². The van der Waals surface area contributed by atoms with Gasteiger partial charge in [0.15, 0.2) is 0 Å². The molecule has 1 aliphatic carbocycles. The minimum atomic E-state index is -0.671. The van der Waals surface area contributed by atoms with Crippen LogP contribution in [0.4, 0.5) is 17.1 Å². The average molecular weight is 1160 g/mol. The number of esters is 3. The molecule has 0 aromatic heterocycles. The third kappa shape index (κ3) is 19.5. The first-order chi connectivity index (χ1) is 42.4. The van der Waals surface area contributed by atoms with E-state index in [0.717, 1.165) is 145 Å². The maximum atomic E-state index is 12.9. The molecule has 1 aliphatic rings. The van der Waals surface area contributed by atoms with Crippen molar-refractivity contribution in [3.63, 3.8) is 0 Å². The van der Waals surface area contributed by atoms with Crippen molar-refractivity contribution < 1.29 is 28.6 Å². The Labute approximate surface area is 514 Å². The van der Waals surface area contributed by atoms with E-state index in [9.17, 15) is 30.2 Å². The van der Waals surface area contributed by atoms with E-state index < -0.39 is 17.9 Å². The first-order valence-corrected chi connectivity index (χ1v) is 29.9. The Morgan fingerprint density at radius 1 is 0.402 bits per heavy atom. The fraction of sp³-hybridized carbons (Fsp3) is 0.280. The lowest BCUT2D eigenvalue weighted by atomic mass is 9.71. The Kier molecular flexibility index (Phi) is 24.9. The molecule has 12 nitrogen and oxygen atoms in total. The first kappa shape index (κ1) is 64.6. The number of carbonyl (C=O) groups is 3. The normalized spacial score (nSPS) is 14.9. The maximum Gasteiger partial charge on any atom is 0.349 e. The molecule has 1 fully saturated rings. The number of anilines is 3. The van der Waals surface area contributed by atoms with Gasteiger partial charge in [0.25, 0.3) is 0 Å². The Bertz CT molecular complexity index is 3130. The standard InChI is InChI=1S/C75H78N6O6/c1-7-55-13-19-61(20-14-55)52-85-73(82)67(49-76)46-58-25-31-70(32-26-58)79(10-4)40-37-64-43-65(38-41-80(11-5)71-33-27-59(28-34-71)47-68(50-77)74(83)86-53-62-21-15-56(8-2)16-22-62)45-66(44-64)39-42-81(12-6)72-35-29-60(30-36-72)48-69(51-78)75(84)87-54-63-23-17-57(9-3)18-24-63/h7-9,13-36,46-48,64-66H,1-3,10-12,37-45,52-54H2,4-6H3/b67-46+,68-47+,69-48+. The molecule has 0 atom stereocenters. The van der Waals surface area contributed by atoms with Gasteiger partial charge in [0.05, 0.1) is 0 Å². The smallest absolute Gasteiger partial charge is 0.349 e. The Hall–Kier alpha value is -9.96. The van der Waals surface area contributed by atoms with E-state index in [4.69, 9.17) is 14.2 Å². The zero-order chi connectivity index (χ0) is 61.9. The summed E-state index contributed by atoms with van der Waals surface area (Å²) in [6.45, 7) is 23.1. The molecule has 12 heteroatoms. The van der Waals surface area contributed by atoms with Crippen LogP contribution in [0.15, 0.2) is 182 Å². The summed E-state index contributed by atoms with van der Waals surface area (Å²) in [6, 6.07) is 52.6. The third-order valence-electron chi connectivity index (χ3n) is 16.1. The molecule has 0 saturated heterocycles. The fourth-order valence-electron chi connectivity index (χ4n) is 11.0. The molecule has 444 valence electrons. The minimum absolute atomic E-state index is 0.0596. The molecule has 87 heavy (non-hydrogen) atoms. The van der Waals surface area contributed by atoms with Gasteiger partial charge < -0.3 is 28.9 Å². The molecule has 0 spiro atoms. The van der Waals surface area contributed by atoms with Crippen LogP contribution in [0.2, 0.25) is 0 Å². The van der Waals surface area contributed by atoms with Crippen molar-refractivity contribution in [1.82, 2.24) is 0 Å². The van der Waals surface area contributed by atoms with Gasteiger partial charge in [-0.25, -0.2) is 14.4 Å². The highest BCUT2D eigenvalue weighted by atomic mass is 16.5. The van der Waals surface area contributed by atoms with Crippen molar-refractivity contribution in [2.75, 3.05) is 54.0 Å². The number of ether oxygens (including phenoxy) is 3. The summed E-state index contributed by atoms with van der Waals surface area (Å²) in [6.07, 6.45) is 16.4. The van der Waals surface area contributed by atoms with Gasteiger partial charge in [-0.05, 0) is 182 Å². The lowest BCUT2D eigenvalue weighted by Gasteiger charge is -2.38. The average Bonchev–Trinajstić information content (AvgIpc) is 3.58. The van der Waals surface area contributed by atoms with Crippen molar-refractivity contribution in [1.29, 1.82) is 15.8 Å². The van der Waals surface area contributed by atoms with Crippen LogP contribution < -0.4 is 14.7 Å². The molecule has 0 unspecified atom stereocenters. The Balaban J connectivity index is 0.999. The number of hydrogen-bond acceptors (Lipinski definition) is 12. The molecular formula is C75H78N6O6. The predicted octanol–water partition coefficient (Wildman–Crippen LogP) is 15.6. The quantitative estimate of drug-likeness (QED) is 0.0182. The van der Waals surface area contributed by atoms with E-state index in [-0.39, 0.29) is 36.5 Å². The second-order valence-corrected chi connectivity index (χ2v) is 21.8. The zero-order valence-corrected chi connectivity index (χ0v) is 50.4. The summed E-state index contributed by atoms with van der Waals surface area (Å²) in [5.41, 5.74) is 10.6. The number of nitrogens with zero attached hydrogens (tertiary/aromatic N) is 6. The number of rotatable bonds is 30. The number of carbonyl (C=O) groups excluding carboxylic acids is 3. The first-order valence-electron chi connectivity index (χ1n) is 29.9. The second-order valence-electron chi connectivity index (χ2n) is 21.8. The van der Waals surface area contributed by atoms with Crippen molar-refractivity contribution in [3.8, 4) is 18.2 Å². The van der Waals surface area contributed by atoms with Crippen LogP contribution in [0.5, 0.6) is 0 Å². The summed E-state index contributed by atoms with van der Waals surface area (Å²) < 4.78 is 16.5. The third-order valence-corrected chi connectivity index (χ3v) is 16.1. The molecule has 0 bridgehead atoms. The van der Waals surface area contributed by atoms with E-state index >= 15 is 0 Å². The lowest BCUT2D eigenvalue weighted by molar-refractivity contribution is -0.140. The highest BCUT2D eigenvalue weighted by Crippen LogP contribution is 2.40. The number of nitriles is 3. The van der Waals surface area contributed by atoms with Crippen LogP contribution in [-0.2, 0) is 48.4 Å². The maximum absolute atomic E-state index is 12.9. The molecule has 0 aliphatic heterocycles. The van der Waals surface area contributed by atoms with Gasteiger partial charge in [-0.15, -0.1) is 0 Å². The SMILES string of the molecule is C=Cc1ccc(COC(=O)/C(C#N)=C/c2ccc(N(CC)CCC3CC(CCN(CC)c4ccc(/C=C(\C#N)C(=O)OCc5ccc(C=C)cc5)cc4)CC(CCN(CC)c4ccc(/C=C(\C#N)C(=O)OCc5ccc(C=C)cc5)cc4)C3)cc2)cc1. The van der Waals surface area contributed by atoms with Gasteiger partial charge in [-0.1, -0.05) is 147 Å². The topological polar surface area (TPSA) is 160 Å². The summed E-state index contributed by atoms with van der Waals surface area (Å²) in [5, 5.41) is 29.7. The minimum Gasteiger partial charge on any atom is -0.457 e. The Morgan fingerprint density at radius 2 is 0.632 bits per heavy atom. The van der Waals surface area contributed by atoms with E-state index in [2.05, 4.69) is 91.6 Å². The van der Waals surface area contributed by atoms with Gasteiger partial charge in [0, 0.05) is 56.3 Å². The summed E-state index contributed by atoms with van der Waals surface area (Å²) in [5.74, 6) is -0.488.